The first-order chi connectivity index (χ1) is 22.6. The lowest BCUT2D eigenvalue weighted by Crippen LogP contribution is -2.15. The van der Waals surface area contributed by atoms with E-state index in [0.29, 0.717) is 36.5 Å². The summed E-state index contributed by atoms with van der Waals surface area (Å²) in [5, 5.41) is 26.0. The van der Waals surface area contributed by atoms with Gasteiger partial charge in [-0.2, -0.15) is 15.5 Å². The van der Waals surface area contributed by atoms with Crippen LogP contribution in [-0.2, 0) is 13.1 Å². The Labute approximate surface area is 305 Å². The van der Waals surface area contributed by atoms with E-state index < -0.39 is 12.3 Å². The van der Waals surface area contributed by atoms with Gasteiger partial charge in [0.15, 0.2) is 5.69 Å². The zero-order valence-electron chi connectivity index (χ0n) is 33.6. The number of fused-ring (bicyclic) bond motifs is 1. The third-order valence-corrected chi connectivity index (χ3v) is 6.11. The quantitative estimate of drug-likeness (QED) is 0.247. The van der Waals surface area contributed by atoms with Crippen LogP contribution in [0.25, 0.3) is 15.7 Å². The minimum Gasteiger partial charge on any atom is -0.396 e. The van der Waals surface area contributed by atoms with Gasteiger partial charge in [0.2, 0.25) is 6.43 Å². The molecule has 0 fully saturated rings. The van der Waals surface area contributed by atoms with Crippen molar-refractivity contribution in [3.63, 3.8) is 0 Å². The molecular formula is C40H73F2N7O. The Balaban J connectivity index is -0.000000273. The predicted octanol–water partition coefficient (Wildman–Crippen LogP) is 12.1. The molecule has 3 aromatic rings. The highest BCUT2D eigenvalue weighted by Crippen LogP contribution is 2.22. The van der Waals surface area contributed by atoms with Gasteiger partial charge in [-0.25, -0.2) is 23.3 Å². The maximum atomic E-state index is 11.2. The van der Waals surface area contributed by atoms with Crippen LogP contribution in [0.2, 0.25) is 0 Å². The van der Waals surface area contributed by atoms with E-state index in [1.54, 1.807) is 0 Å². The molecule has 10 heteroatoms. The van der Waals surface area contributed by atoms with Gasteiger partial charge in [-0.3, -0.25) is 4.68 Å². The molecule has 288 valence electrons. The zero-order chi connectivity index (χ0) is 38.9. The van der Waals surface area contributed by atoms with Crippen molar-refractivity contribution in [2.45, 2.75) is 156 Å². The fourth-order valence-electron chi connectivity index (χ4n) is 3.01. The number of rotatable bonds is 7. The third kappa shape index (κ3) is 29.5. The van der Waals surface area contributed by atoms with Crippen molar-refractivity contribution in [2.75, 3.05) is 6.61 Å². The molecule has 0 bridgehead atoms. The number of aliphatic hydroxyl groups excluding tert-OH is 1. The molecule has 1 N–H and O–H groups in total. The second-order valence-corrected chi connectivity index (χ2v) is 14.9. The number of aliphatic hydroxyl groups is 1. The lowest BCUT2D eigenvalue weighted by atomic mass is 9.97. The second-order valence-electron chi connectivity index (χ2n) is 14.9. The van der Waals surface area contributed by atoms with E-state index in [1.807, 2.05) is 68.4 Å². The van der Waals surface area contributed by atoms with Crippen LogP contribution >= 0.6 is 0 Å². The van der Waals surface area contributed by atoms with Gasteiger partial charge in [0, 0.05) is 49.5 Å². The molecule has 0 spiro atoms. The molecule has 0 saturated heterocycles. The maximum Gasteiger partial charge on any atom is 0.240 e. The number of hydrogen-bond donors (Lipinski definition) is 1. The number of nitriles is 1. The van der Waals surface area contributed by atoms with E-state index in [0.717, 1.165) is 41.6 Å². The molecule has 8 nitrogen and oxygen atoms in total. The van der Waals surface area contributed by atoms with E-state index in [2.05, 4.69) is 88.4 Å². The summed E-state index contributed by atoms with van der Waals surface area (Å²) in [5.74, 6) is 3.81. The molecular weight excluding hydrogens is 632 g/mol. The largest absolute Gasteiger partial charge is 0.396 e. The molecule has 0 aliphatic carbocycles. The molecule has 0 amide bonds. The Hall–Kier alpha value is -3.37. The van der Waals surface area contributed by atoms with E-state index in [1.165, 1.54) is 20.3 Å². The summed E-state index contributed by atoms with van der Waals surface area (Å²) in [6, 6.07) is 7.69. The van der Waals surface area contributed by atoms with Crippen molar-refractivity contribution in [3.05, 3.63) is 47.5 Å². The molecule has 2 aromatic heterocycles. The minimum absolute atomic E-state index is 0. The van der Waals surface area contributed by atoms with Crippen molar-refractivity contribution in [3.8, 4) is 6.07 Å². The highest BCUT2D eigenvalue weighted by Gasteiger charge is 2.12. The summed E-state index contributed by atoms with van der Waals surface area (Å²) in [7, 11) is 0. The van der Waals surface area contributed by atoms with Crippen LogP contribution in [0.4, 0.5) is 14.5 Å². The Morgan fingerprint density at radius 3 is 1.72 bits per heavy atom. The average Bonchev–Trinajstić information content (AvgIpc) is 3.59. The molecule has 3 rings (SSSR count). The summed E-state index contributed by atoms with van der Waals surface area (Å²) >= 11 is 0. The summed E-state index contributed by atoms with van der Waals surface area (Å²) in [6.07, 6.45) is 1.87. The number of nitrogens with zero attached hydrogens (tertiary/aromatic N) is 7. The molecule has 0 atom stereocenters. The monoisotopic (exact) mass is 706 g/mol. The number of halogens is 2. The highest BCUT2D eigenvalue weighted by molar-refractivity contribution is 5.81. The topological polar surface area (TPSA) is 96.9 Å². The van der Waals surface area contributed by atoms with Gasteiger partial charge in [-0.1, -0.05) is 123 Å². The maximum absolute atomic E-state index is 11.2. The van der Waals surface area contributed by atoms with Crippen LogP contribution in [0.3, 0.4) is 0 Å². The number of benzene rings is 1. The first-order valence-corrected chi connectivity index (χ1v) is 17.6. The number of alkyl halides is 2. The lowest BCUT2D eigenvalue weighted by molar-refractivity contribution is 0.0955. The van der Waals surface area contributed by atoms with Crippen molar-refractivity contribution in [1.29, 1.82) is 5.26 Å². The molecule has 0 radical (unpaired) electrons. The van der Waals surface area contributed by atoms with Gasteiger partial charge in [-0.05, 0) is 43.1 Å². The Bertz CT molecular complexity index is 1310. The predicted molar refractivity (Wildman–Crippen MR) is 210 cm³/mol. The van der Waals surface area contributed by atoms with Crippen LogP contribution in [0.1, 0.15) is 142 Å². The third-order valence-electron chi connectivity index (χ3n) is 6.11. The first-order valence-electron chi connectivity index (χ1n) is 17.6. The molecule has 0 aliphatic heterocycles. The molecule has 0 unspecified atom stereocenters. The van der Waals surface area contributed by atoms with Gasteiger partial charge < -0.3 is 5.11 Å². The smallest absolute Gasteiger partial charge is 0.240 e. The highest BCUT2D eigenvalue weighted by atomic mass is 19.3. The second kappa shape index (κ2) is 29.4. The van der Waals surface area contributed by atoms with Gasteiger partial charge in [0.1, 0.15) is 11.6 Å². The van der Waals surface area contributed by atoms with Crippen molar-refractivity contribution >= 4 is 16.6 Å². The Kier molecular flexibility index (Phi) is 31.4. The Morgan fingerprint density at radius 1 is 0.940 bits per heavy atom. The SMILES string of the molecule is C.CC(C)C(F)F.CC(C)CC#N.CC(C)CO.CCC(C)C.CCn1nc(C)nc1C(C)C.[C-]#[N+]c1ccc2cn(CC(C)(C)C)nc2c1. The van der Waals surface area contributed by atoms with Crippen LogP contribution in [0, 0.1) is 53.9 Å². The molecule has 0 saturated carbocycles. The number of hydrogen-bond acceptors (Lipinski definition) is 5. The Morgan fingerprint density at radius 2 is 1.44 bits per heavy atom. The first kappa shape index (κ1) is 53.4. The average molecular weight is 706 g/mol. The molecule has 0 aliphatic rings. The van der Waals surface area contributed by atoms with Crippen molar-refractivity contribution < 1.29 is 13.9 Å². The van der Waals surface area contributed by atoms with Crippen molar-refractivity contribution in [1.82, 2.24) is 24.5 Å². The lowest BCUT2D eigenvalue weighted by Gasteiger charge is -2.17. The molecule has 1 aromatic carbocycles. The van der Waals surface area contributed by atoms with Crippen LogP contribution in [0.15, 0.2) is 24.4 Å². The summed E-state index contributed by atoms with van der Waals surface area (Å²) in [6.45, 7) is 41.5. The summed E-state index contributed by atoms with van der Waals surface area (Å²) in [5.41, 5.74) is 1.76. The van der Waals surface area contributed by atoms with Crippen LogP contribution in [0.5, 0.6) is 0 Å². The standard InChI is InChI=1S/C13H15N3.C8H15N3.C5H9N.C5H12.C4H8F2.C4H10O.CH4/c1-13(2,3)9-16-8-10-5-6-11(14-4)7-12(10)15-16;1-5-11-8(6(2)3)9-7(4)10-11;1-5(2)3-4-6;1-4-5(2)3;1-3(2)4(5)6;1-4(2)3-5;/h5-8H,9H2,1-3H3;6H,5H2,1-4H3;5H,3H2,1-2H3;5H,4H2,1-3H3;3-4H,1-2H3;4-5H,3H2,1-2H3;1H4. The van der Waals surface area contributed by atoms with E-state index in [9.17, 15) is 8.78 Å². The van der Waals surface area contributed by atoms with Crippen LogP contribution < -0.4 is 0 Å². The van der Waals surface area contributed by atoms with Crippen LogP contribution in [-0.4, -0.2) is 42.7 Å². The van der Waals surface area contributed by atoms with E-state index >= 15 is 0 Å². The summed E-state index contributed by atoms with van der Waals surface area (Å²) in [4.78, 5) is 7.74. The van der Waals surface area contributed by atoms with E-state index in [-0.39, 0.29) is 12.8 Å². The molecule has 2 heterocycles. The number of aromatic nitrogens is 5. The van der Waals surface area contributed by atoms with E-state index in [4.69, 9.17) is 16.9 Å². The zero-order valence-corrected chi connectivity index (χ0v) is 33.6. The van der Waals surface area contributed by atoms with Crippen molar-refractivity contribution in [2.24, 2.45) is 29.1 Å². The summed E-state index contributed by atoms with van der Waals surface area (Å²) < 4.78 is 26.2. The fraction of sp³-hybridized carbons (Fsp3) is 0.725. The number of aryl methyl sites for hydroxylation is 2. The minimum atomic E-state index is -2.15. The van der Waals surface area contributed by atoms with Gasteiger partial charge in [0.05, 0.1) is 18.2 Å². The molecule has 50 heavy (non-hydrogen) atoms. The van der Waals surface area contributed by atoms with Gasteiger partial charge in [0.25, 0.3) is 0 Å². The van der Waals surface area contributed by atoms with Gasteiger partial charge >= 0.3 is 0 Å². The normalized spacial score (nSPS) is 10.4. The fourth-order valence-corrected chi connectivity index (χ4v) is 3.01. The van der Waals surface area contributed by atoms with Gasteiger partial charge in [-0.15, -0.1) is 0 Å².